The summed E-state index contributed by atoms with van der Waals surface area (Å²) >= 11 is 0. The number of benzene rings is 1. The quantitative estimate of drug-likeness (QED) is 0.895. The summed E-state index contributed by atoms with van der Waals surface area (Å²) in [5.41, 5.74) is 5.15. The predicted octanol–water partition coefficient (Wildman–Crippen LogP) is 2.83. The average molecular weight is 243 g/mol. The minimum atomic E-state index is 0.343. The third-order valence-corrected chi connectivity index (χ3v) is 3.62. The van der Waals surface area contributed by atoms with Crippen molar-refractivity contribution in [2.24, 2.45) is 0 Å². The van der Waals surface area contributed by atoms with E-state index >= 15 is 0 Å². The highest BCUT2D eigenvalue weighted by Gasteiger charge is 2.12. The molecule has 2 rings (SSSR count). The van der Waals surface area contributed by atoms with Crippen molar-refractivity contribution in [3.8, 4) is 0 Å². The molecule has 1 N–H and O–H groups in total. The molecule has 3 nitrogen and oxygen atoms in total. The highest BCUT2D eigenvalue weighted by atomic mass is 15.3. The van der Waals surface area contributed by atoms with Gasteiger partial charge in [0.15, 0.2) is 0 Å². The Labute approximate surface area is 109 Å². The van der Waals surface area contributed by atoms with Crippen molar-refractivity contribution in [2.75, 3.05) is 7.05 Å². The van der Waals surface area contributed by atoms with E-state index in [0.717, 1.165) is 6.54 Å². The van der Waals surface area contributed by atoms with Crippen LogP contribution >= 0.6 is 0 Å². The molecule has 0 aliphatic carbocycles. The molecule has 1 atom stereocenters. The van der Waals surface area contributed by atoms with Crippen molar-refractivity contribution in [1.29, 1.82) is 0 Å². The summed E-state index contributed by atoms with van der Waals surface area (Å²) in [5, 5.41) is 7.76. The molecule has 0 bridgehead atoms. The first-order valence-corrected chi connectivity index (χ1v) is 6.37. The number of aryl methyl sites for hydroxylation is 1. The van der Waals surface area contributed by atoms with Crippen LogP contribution in [0.15, 0.2) is 30.5 Å². The molecule has 0 saturated carbocycles. The molecule has 0 radical (unpaired) electrons. The molecule has 0 saturated heterocycles. The Morgan fingerprint density at radius 2 is 2.00 bits per heavy atom. The van der Waals surface area contributed by atoms with Crippen molar-refractivity contribution in [1.82, 2.24) is 15.1 Å². The van der Waals surface area contributed by atoms with E-state index in [0.29, 0.717) is 6.04 Å². The van der Waals surface area contributed by atoms with E-state index in [-0.39, 0.29) is 0 Å². The SMILES string of the molecule is CNC(C)c1cnn(Cc2ccccc2C)c1C. The Morgan fingerprint density at radius 1 is 1.28 bits per heavy atom. The third kappa shape index (κ3) is 2.46. The van der Waals surface area contributed by atoms with Crippen LogP contribution in [-0.2, 0) is 6.54 Å². The molecule has 0 aliphatic rings. The van der Waals surface area contributed by atoms with Gasteiger partial charge in [-0.25, -0.2) is 0 Å². The first-order valence-electron chi connectivity index (χ1n) is 6.37. The molecule has 1 unspecified atom stereocenters. The predicted molar refractivity (Wildman–Crippen MR) is 74.7 cm³/mol. The fourth-order valence-electron chi connectivity index (χ4n) is 2.15. The maximum absolute atomic E-state index is 4.50. The minimum absolute atomic E-state index is 0.343. The smallest absolute Gasteiger partial charge is 0.0665 e. The molecule has 0 spiro atoms. The fourth-order valence-corrected chi connectivity index (χ4v) is 2.15. The van der Waals surface area contributed by atoms with Gasteiger partial charge in [-0.2, -0.15) is 5.10 Å². The van der Waals surface area contributed by atoms with Crippen molar-refractivity contribution >= 4 is 0 Å². The molecule has 0 amide bonds. The molecular formula is C15H21N3. The summed E-state index contributed by atoms with van der Waals surface area (Å²) in [4.78, 5) is 0. The van der Waals surface area contributed by atoms with Gasteiger partial charge in [-0.15, -0.1) is 0 Å². The first-order chi connectivity index (χ1) is 8.63. The summed E-state index contributed by atoms with van der Waals surface area (Å²) in [6.07, 6.45) is 1.97. The van der Waals surface area contributed by atoms with Crippen LogP contribution in [0.1, 0.15) is 35.3 Å². The summed E-state index contributed by atoms with van der Waals surface area (Å²) in [5.74, 6) is 0. The van der Waals surface area contributed by atoms with Crippen molar-refractivity contribution in [3.63, 3.8) is 0 Å². The van der Waals surface area contributed by atoms with E-state index in [9.17, 15) is 0 Å². The Morgan fingerprint density at radius 3 is 2.67 bits per heavy atom. The van der Waals surface area contributed by atoms with Crippen LogP contribution in [0.25, 0.3) is 0 Å². The lowest BCUT2D eigenvalue weighted by molar-refractivity contribution is 0.632. The maximum Gasteiger partial charge on any atom is 0.0665 e. The monoisotopic (exact) mass is 243 g/mol. The van der Waals surface area contributed by atoms with Crippen LogP contribution < -0.4 is 5.32 Å². The van der Waals surface area contributed by atoms with Crippen LogP contribution in [0.2, 0.25) is 0 Å². The number of aromatic nitrogens is 2. The van der Waals surface area contributed by atoms with Crippen LogP contribution in [0, 0.1) is 13.8 Å². The Hall–Kier alpha value is -1.61. The number of hydrogen-bond donors (Lipinski definition) is 1. The van der Waals surface area contributed by atoms with E-state index in [1.807, 2.05) is 13.2 Å². The fraction of sp³-hybridized carbons (Fsp3) is 0.400. The second-order valence-electron chi connectivity index (χ2n) is 4.78. The Balaban J connectivity index is 2.26. The lowest BCUT2D eigenvalue weighted by Crippen LogP contribution is -2.13. The second-order valence-corrected chi connectivity index (χ2v) is 4.78. The number of nitrogens with zero attached hydrogens (tertiary/aromatic N) is 2. The zero-order valence-electron chi connectivity index (χ0n) is 11.6. The van der Waals surface area contributed by atoms with E-state index in [1.165, 1.54) is 22.4 Å². The van der Waals surface area contributed by atoms with Gasteiger partial charge >= 0.3 is 0 Å². The zero-order valence-corrected chi connectivity index (χ0v) is 11.6. The summed E-state index contributed by atoms with van der Waals surface area (Å²) in [7, 11) is 1.97. The molecule has 3 heteroatoms. The first kappa shape index (κ1) is 12.8. The largest absolute Gasteiger partial charge is 0.313 e. The zero-order chi connectivity index (χ0) is 13.1. The van der Waals surface area contributed by atoms with Gasteiger partial charge in [0.2, 0.25) is 0 Å². The van der Waals surface area contributed by atoms with Crippen LogP contribution in [0.3, 0.4) is 0 Å². The molecule has 1 aromatic carbocycles. The van der Waals surface area contributed by atoms with Crippen molar-refractivity contribution < 1.29 is 0 Å². The maximum atomic E-state index is 4.50. The van der Waals surface area contributed by atoms with Crippen molar-refractivity contribution in [3.05, 3.63) is 52.8 Å². The molecule has 18 heavy (non-hydrogen) atoms. The summed E-state index contributed by atoms with van der Waals surface area (Å²) < 4.78 is 2.07. The Bertz CT molecular complexity index is 528. The molecule has 2 aromatic rings. The van der Waals surface area contributed by atoms with E-state index < -0.39 is 0 Å². The Kier molecular flexibility index (Phi) is 3.82. The van der Waals surface area contributed by atoms with Crippen LogP contribution in [0.4, 0.5) is 0 Å². The normalized spacial score (nSPS) is 12.7. The van der Waals surface area contributed by atoms with Crippen molar-refractivity contribution in [2.45, 2.75) is 33.4 Å². The third-order valence-electron chi connectivity index (χ3n) is 3.62. The van der Waals surface area contributed by atoms with E-state index in [2.05, 4.69) is 60.1 Å². The lowest BCUT2D eigenvalue weighted by Gasteiger charge is -2.11. The second kappa shape index (κ2) is 5.36. The number of hydrogen-bond acceptors (Lipinski definition) is 2. The van der Waals surface area contributed by atoms with Gasteiger partial charge in [0.05, 0.1) is 12.7 Å². The van der Waals surface area contributed by atoms with Gasteiger partial charge in [0.25, 0.3) is 0 Å². The highest BCUT2D eigenvalue weighted by Crippen LogP contribution is 2.18. The average Bonchev–Trinajstić information content (AvgIpc) is 2.73. The molecule has 96 valence electrons. The summed E-state index contributed by atoms with van der Waals surface area (Å²) in [6, 6.07) is 8.81. The lowest BCUT2D eigenvalue weighted by atomic mass is 10.1. The molecule has 0 aliphatic heterocycles. The van der Waals surface area contributed by atoms with Gasteiger partial charge in [-0.1, -0.05) is 24.3 Å². The molecule has 0 fully saturated rings. The standard InChI is InChI=1S/C15H21N3/c1-11-7-5-6-8-14(11)10-18-13(3)15(9-17-18)12(2)16-4/h5-9,12,16H,10H2,1-4H3. The number of nitrogens with one attached hydrogen (secondary N) is 1. The molecular weight excluding hydrogens is 222 g/mol. The topological polar surface area (TPSA) is 29.9 Å². The van der Waals surface area contributed by atoms with Gasteiger partial charge < -0.3 is 5.32 Å². The molecule has 1 aromatic heterocycles. The van der Waals surface area contributed by atoms with Gasteiger partial charge in [-0.05, 0) is 38.9 Å². The van der Waals surface area contributed by atoms with Gasteiger partial charge in [-0.3, -0.25) is 4.68 Å². The van der Waals surface area contributed by atoms with Gasteiger partial charge in [0, 0.05) is 17.3 Å². The van der Waals surface area contributed by atoms with E-state index in [4.69, 9.17) is 0 Å². The molecule has 1 heterocycles. The number of rotatable bonds is 4. The summed E-state index contributed by atoms with van der Waals surface area (Å²) in [6.45, 7) is 7.27. The van der Waals surface area contributed by atoms with Crippen LogP contribution in [0.5, 0.6) is 0 Å². The van der Waals surface area contributed by atoms with Gasteiger partial charge in [0.1, 0.15) is 0 Å². The van der Waals surface area contributed by atoms with E-state index in [1.54, 1.807) is 0 Å². The minimum Gasteiger partial charge on any atom is -0.313 e. The highest BCUT2D eigenvalue weighted by molar-refractivity contribution is 5.27. The van der Waals surface area contributed by atoms with Crippen LogP contribution in [-0.4, -0.2) is 16.8 Å².